The van der Waals surface area contributed by atoms with E-state index in [-0.39, 0.29) is 10.2 Å². The molecule has 0 fully saturated rings. The van der Waals surface area contributed by atoms with Crippen molar-refractivity contribution in [3.8, 4) is 0 Å². The van der Waals surface area contributed by atoms with Crippen LogP contribution in [-0.4, -0.2) is 54.9 Å². The molecule has 4 N–H and O–H groups in total. The summed E-state index contributed by atoms with van der Waals surface area (Å²) in [5, 5.41) is 27.1. The summed E-state index contributed by atoms with van der Waals surface area (Å²) >= 11 is 4.39. The van der Waals surface area contributed by atoms with Crippen LogP contribution in [0, 0.1) is 5.21 Å². The van der Waals surface area contributed by atoms with Gasteiger partial charge in [0.2, 0.25) is 5.28 Å². The topological polar surface area (TPSA) is 107 Å². The van der Waals surface area contributed by atoms with Crippen molar-refractivity contribution >= 4 is 18.8 Å². The molecule has 0 heterocycles. The van der Waals surface area contributed by atoms with Gasteiger partial charge in [0.05, 0.1) is 18.1 Å². The SMILES string of the molecule is CN/C=C\C=C(\C=NCCNCCN[N+]([O-])=NO)C(C)S. The Morgan fingerprint density at radius 1 is 1.43 bits per heavy atom. The highest BCUT2D eigenvalue weighted by molar-refractivity contribution is 7.81. The fourth-order valence-electron chi connectivity index (χ4n) is 1.26. The summed E-state index contributed by atoms with van der Waals surface area (Å²) in [6.45, 7) is 4.23. The largest absolute Gasteiger partial charge is 0.569 e. The molecule has 0 aliphatic heterocycles. The Balaban J connectivity index is 3.87. The Bertz CT molecular complexity index is 382. The average molecular weight is 316 g/mol. The van der Waals surface area contributed by atoms with Crippen LogP contribution in [0.3, 0.4) is 0 Å². The fraction of sp³-hybridized carbons (Fsp3) is 0.583. The van der Waals surface area contributed by atoms with E-state index < -0.39 is 0 Å². The molecule has 1 atom stereocenters. The van der Waals surface area contributed by atoms with E-state index in [2.05, 4.69) is 39.0 Å². The molecular formula is C12H24N6O2S. The average Bonchev–Trinajstić information content (AvgIpc) is 2.47. The molecule has 0 aliphatic carbocycles. The van der Waals surface area contributed by atoms with Gasteiger partial charge in [-0.2, -0.15) is 18.1 Å². The number of thiol groups is 1. The first-order valence-electron chi connectivity index (χ1n) is 6.60. The van der Waals surface area contributed by atoms with Crippen LogP contribution in [-0.2, 0) is 0 Å². The third-order valence-corrected chi connectivity index (χ3v) is 2.62. The van der Waals surface area contributed by atoms with Crippen molar-refractivity contribution in [2.75, 3.05) is 33.2 Å². The molecule has 0 saturated heterocycles. The molecule has 0 rings (SSSR count). The van der Waals surface area contributed by atoms with E-state index in [1.165, 1.54) is 0 Å². The zero-order valence-corrected chi connectivity index (χ0v) is 13.3. The zero-order valence-electron chi connectivity index (χ0n) is 12.4. The van der Waals surface area contributed by atoms with Crippen LogP contribution in [0.1, 0.15) is 6.92 Å². The van der Waals surface area contributed by atoms with Gasteiger partial charge in [-0.3, -0.25) is 4.99 Å². The third-order valence-electron chi connectivity index (χ3n) is 2.32. The molecule has 0 aromatic carbocycles. The predicted octanol–water partition coefficient (Wildman–Crippen LogP) is 0.481. The highest BCUT2D eigenvalue weighted by atomic mass is 32.1. The Labute approximate surface area is 130 Å². The molecule has 0 spiro atoms. The van der Waals surface area contributed by atoms with Crippen LogP contribution in [0.25, 0.3) is 0 Å². The van der Waals surface area contributed by atoms with E-state index in [9.17, 15) is 5.21 Å². The van der Waals surface area contributed by atoms with Crippen molar-refractivity contribution in [2.45, 2.75) is 12.2 Å². The molecular weight excluding hydrogens is 292 g/mol. The van der Waals surface area contributed by atoms with Crippen molar-refractivity contribution in [1.82, 2.24) is 16.1 Å². The van der Waals surface area contributed by atoms with E-state index in [0.29, 0.717) is 26.2 Å². The van der Waals surface area contributed by atoms with Gasteiger partial charge in [0.25, 0.3) is 0 Å². The number of allylic oxidation sites excluding steroid dienone is 2. The van der Waals surface area contributed by atoms with Gasteiger partial charge < -0.3 is 21.0 Å². The van der Waals surface area contributed by atoms with Crippen molar-refractivity contribution in [3.63, 3.8) is 0 Å². The first kappa shape index (κ1) is 19.3. The van der Waals surface area contributed by atoms with E-state index in [1.54, 1.807) is 0 Å². The summed E-state index contributed by atoms with van der Waals surface area (Å²) in [5.41, 5.74) is 3.34. The van der Waals surface area contributed by atoms with Crippen LogP contribution in [0.5, 0.6) is 0 Å². The van der Waals surface area contributed by atoms with E-state index in [1.807, 2.05) is 38.5 Å². The molecule has 0 radical (unpaired) electrons. The van der Waals surface area contributed by atoms with Crippen LogP contribution in [0.2, 0.25) is 0 Å². The minimum absolute atomic E-state index is 0.00363. The maximum Gasteiger partial charge on any atom is 0.230 e. The lowest BCUT2D eigenvalue weighted by atomic mass is 10.2. The quantitative estimate of drug-likeness (QED) is 0.0725. The summed E-state index contributed by atoms with van der Waals surface area (Å²) in [6, 6.07) is 0. The zero-order chi connectivity index (χ0) is 15.9. The number of hydrazine groups is 1. The minimum Gasteiger partial charge on any atom is -0.569 e. The highest BCUT2D eigenvalue weighted by Gasteiger charge is 1.98. The smallest absolute Gasteiger partial charge is 0.230 e. The highest BCUT2D eigenvalue weighted by Crippen LogP contribution is 2.06. The van der Waals surface area contributed by atoms with Gasteiger partial charge in [-0.15, -0.1) is 0 Å². The minimum atomic E-state index is 0.00363. The molecule has 1 unspecified atom stereocenters. The van der Waals surface area contributed by atoms with Gasteiger partial charge in [-0.05, 0) is 24.8 Å². The maximum atomic E-state index is 10.5. The second-order valence-electron chi connectivity index (χ2n) is 4.05. The first-order chi connectivity index (χ1) is 10.1. The molecule has 0 aromatic rings. The number of nitrogens with zero attached hydrogens (tertiary/aromatic N) is 3. The Kier molecular flexibility index (Phi) is 12.2. The van der Waals surface area contributed by atoms with Crippen LogP contribution in [0.4, 0.5) is 0 Å². The Morgan fingerprint density at radius 3 is 2.81 bits per heavy atom. The Hall–Kier alpha value is -1.74. The summed E-state index contributed by atoms with van der Waals surface area (Å²) in [7, 11) is 1.84. The molecule has 0 aromatic heterocycles. The Morgan fingerprint density at radius 2 is 2.19 bits per heavy atom. The number of rotatable bonds is 11. The van der Waals surface area contributed by atoms with Gasteiger partial charge in [0, 0.05) is 31.6 Å². The van der Waals surface area contributed by atoms with Crippen molar-refractivity contribution in [1.29, 1.82) is 0 Å². The monoisotopic (exact) mass is 316 g/mol. The third kappa shape index (κ3) is 11.8. The molecule has 0 amide bonds. The second-order valence-corrected chi connectivity index (χ2v) is 4.82. The molecule has 8 nitrogen and oxygen atoms in total. The summed E-state index contributed by atoms with van der Waals surface area (Å²) in [6.07, 6.45) is 7.49. The van der Waals surface area contributed by atoms with Crippen molar-refractivity contribution in [2.24, 2.45) is 10.3 Å². The number of nitrogens with one attached hydrogen (secondary N) is 3. The van der Waals surface area contributed by atoms with Crippen LogP contribution < -0.4 is 16.1 Å². The van der Waals surface area contributed by atoms with Crippen LogP contribution >= 0.6 is 12.6 Å². The molecule has 9 heteroatoms. The van der Waals surface area contributed by atoms with Crippen molar-refractivity contribution < 1.29 is 10.2 Å². The second kappa shape index (κ2) is 13.3. The molecule has 120 valence electrons. The number of hydrogen-bond donors (Lipinski definition) is 5. The van der Waals surface area contributed by atoms with E-state index in [4.69, 9.17) is 5.21 Å². The van der Waals surface area contributed by atoms with E-state index >= 15 is 0 Å². The molecule has 0 bridgehead atoms. The first-order valence-corrected chi connectivity index (χ1v) is 7.11. The van der Waals surface area contributed by atoms with E-state index in [0.717, 1.165) is 5.57 Å². The molecule has 21 heavy (non-hydrogen) atoms. The van der Waals surface area contributed by atoms with Crippen molar-refractivity contribution in [3.05, 3.63) is 29.1 Å². The molecule has 0 aliphatic rings. The van der Waals surface area contributed by atoms with Crippen LogP contribution in [0.15, 0.2) is 34.2 Å². The standard InChI is InChI=1S/C12H24N6O2S/c1-11(21)12(4-3-5-13-2)10-15-7-6-14-8-9-16-18(20)17-19/h3-5,10-11,13-14,19,21H,6-9H2,1-2H3,(H,16,17)/b5-3-,12-4-,15-10?. The van der Waals surface area contributed by atoms with Gasteiger partial charge in [0.1, 0.15) is 0 Å². The predicted molar refractivity (Wildman–Crippen MR) is 86.8 cm³/mol. The summed E-state index contributed by atoms with van der Waals surface area (Å²) < 4.78 is 0. The summed E-state index contributed by atoms with van der Waals surface area (Å²) in [4.78, 5) is 4.31. The number of aliphatic imine (C=N–C) groups is 1. The van der Waals surface area contributed by atoms with Gasteiger partial charge in [-0.1, -0.05) is 6.08 Å². The van der Waals surface area contributed by atoms with Gasteiger partial charge in [-0.25, -0.2) is 0 Å². The number of hydrogen-bond acceptors (Lipinski definition) is 6. The van der Waals surface area contributed by atoms with Gasteiger partial charge >= 0.3 is 0 Å². The normalized spacial score (nSPS) is 14.8. The lowest BCUT2D eigenvalue weighted by molar-refractivity contribution is -0.611. The fourth-order valence-corrected chi connectivity index (χ4v) is 1.41. The lowest BCUT2D eigenvalue weighted by Gasteiger charge is -2.04. The van der Waals surface area contributed by atoms with Gasteiger partial charge in [0.15, 0.2) is 0 Å². The summed E-state index contributed by atoms with van der Waals surface area (Å²) in [5.74, 6) is 0. The maximum absolute atomic E-state index is 10.5. The molecule has 0 saturated carbocycles. The lowest BCUT2D eigenvalue weighted by Crippen LogP contribution is -2.32.